The summed E-state index contributed by atoms with van der Waals surface area (Å²) in [7, 11) is 0. The molecule has 1 aromatic carbocycles. The van der Waals surface area contributed by atoms with Crippen molar-refractivity contribution in [1.82, 2.24) is 19.5 Å². The Bertz CT molecular complexity index is 1020. The number of aromatic nitrogens is 4. The first-order chi connectivity index (χ1) is 12.8. The number of hydrogen-bond donors (Lipinski definition) is 1. The summed E-state index contributed by atoms with van der Waals surface area (Å²) < 4.78 is 7.26. The Morgan fingerprint density at radius 2 is 2.08 bits per heavy atom. The molecule has 3 aromatic heterocycles. The molecule has 0 aliphatic carbocycles. The average Bonchev–Trinajstić information content (AvgIpc) is 3.32. The molecule has 0 radical (unpaired) electrons. The molecule has 4 rings (SSSR count). The van der Waals surface area contributed by atoms with Gasteiger partial charge in [0.05, 0.1) is 19.0 Å². The summed E-state index contributed by atoms with van der Waals surface area (Å²) >= 11 is 0. The molecule has 0 aliphatic rings. The fraction of sp³-hybridized carbons (Fsp3) is 0.150. The van der Waals surface area contributed by atoms with Crippen LogP contribution in [0.4, 0.5) is 0 Å². The van der Waals surface area contributed by atoms with Gasteiger partial charge < -0.3 is 14.3 Å². The summed E-state index contributed by atoms with van der Waals surface area (Å²) in [4.78, 5) is 24.3. The number of fused-ring (bicyclic) bond motifs is 1. The van der Waals surface area contributed by atoms with Crippen molar-refractivity contribution >= 4 is 16.9 Å². The van der Waals surface area contributed by atoms with Crippen LogP contribution in [-0.2, 0) is 4.74 Å². The summed E-state index contributed by atoms with van der Waals surface area (Å²) in [5.41, 5.74) is 3.15. The molecule has 3 heterocycles. The van der Waals surface area contributed by atoms with Crippen molar-refractivity contribution in [2.24, 2.45) is 0 Å². The topological polar surface area (TPSA) is 72.8 Å². The van der Waals surface area contributed by atoms with Crippen molar-refractivity contribution in [2.45, 2.75) is 13.0 Å². The maximum Gasteiger partial charge on any atom is 0.355 e. The van der Waals surface area contributed by atoms with E-state index < -0.39 is 0 Å². The number of imidazole rings is 1. The van der Waals surface area contributed by atoms with Gasteiger partial charge in [-0.3, -0.25) is 4.98 Å². The number of hydrogen-bond acceptors (Lipinski definition) is 4. The van der Waals surface area contributed by atoms with Crippen molar-refractivity contribution in [3.63, 3.8) is 0 Å². The number of H-pyrrole nitrogens is 1. The Labute approximate surface area is 150 Å². The van der Waals surface area contributed by atoms with Crippen molar-refractivity contribution in [3.8, 4) is 0 Å². The molecule has 1 N–H and O–H groups in total. The Kier molecular flexibility index (Phi) is 4.23. The smallest absolute Gasteiger partial charge is 0.355 e. The summed E-state index contributed by atoms with van der Waals surface area (Å²) in [6.45, 7) is 2.12. The van der Waals surface area contributed by atoms with E-state index in [9.17, 15) is 4.79 Å². The van der Waals surface area contributed by atoms with E-state index in [4.69, 9.17) is 4.74 Å². The Hall–Kier alpha value is -3.41. The van der Waals surface area contributed by atoms with Crippen molar-refractivity contribution in [1.29, 1.82) is 0 Å². The lowest BCUT2D eigenvalue weighted by atomic mass is 9.96. The van der Waals surface area contributed by atoms with E-state index in [0.717, 1.165) is 22.0 Å². The highest BCUT2D eigenvalue weighted by molar-refractivity contribution is 5.99. The van der Waals surface area contributed by atoms with Crippen molar-refractivity contribution in [3.05, 3.63) is 84.3 Å². The fourth-order valence-electron chi connectivity index (χ4n) is 3.26. The first-order valence-electron chi connectivity index (χ1n) is 8.44. The minimum Gasteiger partial charge on any atom is -0.461 e. The number of pyridine rings is 1. The van der Waals surface area contributed by atoms with Crippen LogP contribution in [0.2, 0.25) is 0 Å². The molecule has 26 heavy (non-hydrogen) atoms. The second-order valence-corrected chi connectivity index (χ2v) is 5.88. The molecule has 0 saturated heterocycles. The second-order valence-electron chi connectivity index (χ2n) is 5.88. The van der Waals surface area contributed by atoms with Crippen LogP contribution in [0.3, 0.4) is 0 Å². The molecule has 130 valence electrons. The predicted molar refractivity (Wildman–Crippen MR) is 98.0 cm³/mol. The third kappa shape index (κ3) is 2.75. The van der Waals surface area contributed by atoms with E-state index in [1.165, 1.54) is 0 Å². The Balaban J connectivity index is 2.00. The van der Waals surface area contributed by atoms with E-state index in [0.29, 0.717) is 12.3 Å². The van der Waals surface area contributed by atoms with Gasteiger partial charge in [-0.25, -0.2) is 9.78 Å². The van der Waals surface area contributed by atoms with Crippen LogP contribution in [0.25, 0.3) is 10.9 Å². The van der Waals surface area contributed by atoms with Crippen LogP contribution < -0.4 is 0 Å². The van der Waals surface area contributed by atoms with Crippen molar-refractivity contribution in [2.75, 3.05) is 6.61 Å². The van der Waals surface area contributed by atoms with E-state index in [2.05, 4.69) is 15.0 Å². The van der Waals surface area contributed by atoms with Gasteiger partial charge in [-0.15, -0.1) is 0 Å². The fourth-order valence-corrected chi connectivity index (χ4v) is 3.26. The highest BCUT2D eigenvalue weighted by atomic mass is 16.5. The molecular weight excluding hydrogens is 328 g/mol. The van der Waals surface area contributed by atoms with E-state index in [1.807, 2.05) is 47.2 Å². The average molecular weight is 346 g/mol. The lowest BCUT2D eigenvalue weighted by Gasteiger charge is -2.20. The monoisotopic (exact) mass is 346 g/mol. The largest absolute Gasteiger partial charge is 0.461 e. The molecule has 0 aliphatic heterocycles. The van der Waals surface area contributed by atoms with Gasteiger partial charge in [0.1, 0.15) is 5.69 Å². The van der Waals surface area contributed by atoms with Gasteiger partial charge >= 0.3 is 5.97 Å². The standard InChI is InChI=1S/C20H18N4O2/c1-2-26-20(25)18-17(15-7-3-4-8-16(15)23-18)19(24-11-10-22-13-24)14-6-5-9-21-12-14/h3-13,19,23H,2H2,1H3. The third-order valence-electron chi connectivity index (χ3n) is 4.32. The normalized spacial score (nSPS) is 12.2. The number of rotatable bonds is 5. The lowest BCUT2D eigenvalue weighted by molar-refractivity contribution is 0.0519. The summed E-state index contributed by atoms with van der Waals surface area (Å²) in [6.07, 6.45) is 8.89. The van der Waals surface area contributed by atoms with Gasteiger partial charge in [0, 0.05) is 41.3 Å². The molecule has 0 spiro atoms. The Morgan fingerprint density at radius 1 is 1.19 bits per heavy atom. The van der Waals surface area contributed by atoms with Gasteiger partial charge in [0.25, 0.3) is 0 Å². The number of aromatic amines is 1. The molecule has 0 fully saturated rings. The number of esters is 1. The molecule has 0 bridgehead atoms. The van der Waals surface area contributed by atoms with Crippen LogP contribution in [0.15, 0.2) is 67.5 Å². The van der Waals surface area contributed by atoms with Crippen LogP contribution in [0.1, 0.15) is 34.6 Å². The van der Waals surface area contributed by atoms with Gasteiger partial charge in [-0.1, -0.05) is 24.3 Å². The summed E-state index contributed by atoms with van der Waals surface area (Å²) in [6, 6.07) is 11.5. The minimum atomic E-state index is -0.368. The first-order valence-corrected chi connectivity index (χ1v) is 8.44. The molecule has 0 saturated carbocycles. The zero-order valence-electron chi connectivity index (χ0n) is 14.3. The van der Waals surface area contributed by atoms with Crippen LogP contribution in [0.5, 0.6) is 0 Å². The van der Waals surface area contributed by atoms with Gasteiger partial charge in [-0.05, 0) is 24.6 Å². The SMILES string of the molecule is CCOC(=O)c1[nH]c2ccccc2c1C(c1cccnc1)n1ccnc1. The highest BCUT2D eigenvalue weighted by Crippen LogP contribution is 2.35. The third-order valence-corrected chi connectivity index (χ3v) is 4.32. The summed E-state index contributed by atoms with van der Waals surface area (Å²) in [5, 5.41) is 0.970. The molecule has 6 nitrogen and oxygen atoms in total. The number of para-hydroxylation sites is 1. The van der Waals surface area contributed by atoms with Crippen LogP contribution in [0, 0.1) is 0 Å². The zero-order chi connectivity index (χ0) is 17.9. The second kappa shape index (κ2) is 6.84. The van der Waals surface area contributed by atoms with Gasteiger partial charge in [0.2, 0.25) is 0 Å². The number of carbonyl (C=O) groups excluding carboxylic acids is 1. The molecule has 1 unspecified atom stereocenters. The number of carbonyl (C=O) groups is 1. The maximum absolute atomic E-state index is 12.6. The summed E-state index contributed by atoms with van der Waals surface area (Å²) in [5.74, 6) is -0.368. The van der Waals surface area contributed by atoms with E-state index in [1.54, 1.807) is 31.8 Å². The minimum absolute atomic E-state index is 0.248. The molecule has 1 atom stereocenters. The maximum atomic E-state index is 12.6. The zero-order valence-corrected chi connectivity index (χ0v) is 14.3. The molecule has 4 aromatic rings. The predicted octanol–water partition coefficient (Wildman–Crippen LogP) is 3.57. The molecule has 6 heteroatoms. The number of ether oxygens (including phenoxy) is 1. The van der Waals surface area contributed by atoms with E-state index in [-0.39, 0.29) is 12.0 Å². The Morgan fingerprint density at radius 3 is 2.81 bits per heavy atom. The highest BCUT2D eigenvalue weighted by Gasteiger charge is 2.27. The van der Waals surface area contributed by atoms with Crippen LogP contribution >= 0.6 is 0 Å². The van der Waals surface area contributed by atoms with E-state index >= 15 is 0 Å². The first kappa shape index (κ1) is 16.1. The number of benzene rings is 1. The molecule has 0 amide bonds. The number of nitrogens with zero attached hydrogens (tertiary/aromatic N) is 3. The van der Waals surface area contributed by atoms with Crippen LogP contribution in [-0.4, -0.2) is 32.1 Å². The number of nitrogens with one attached hydrogen (secondary N) is 1. The lowest BCUT2D eigenvalue weighted by Crippen LogP contribution is -2.16. The van der Waals surface area contributed by atoms with Gasteiger partial charge in [0.15, 0.2) is 0 Å². The van der Waals surface area contributed by atoms with Crippen molar-refractivity contribution < 1.29 is 9.53 Å². The molecular formula is C20H18N4O2. The quantitative estimate of drug-likeness (QED) is 0.561. The van der Waals surface area contributed by atoms with Gasteiger partial charge in [-0.2, -0.15) is 0 Å².